The first-order valence-corrected chi connectivity index (χ1v) is 7.92. The summed E-state index contributed by atoms with van der Waals surface area (Å²) in [5.41, 5.74) is -1.85. The number of alkyl halides is 4. The number of halogens is 4. The number of hydrogen-bond acceptors (Lipinski definition) is 5. The molecule has 4 rings (SSSR count). The van der Waals surface area contributed by atoms with Crippen molar-refractivity contribution in [1.29, 1.82) is 0 Å². The molecule has 0 amide bonds. The lowest BCUT2D eigenvalue weighted by Gasteiger charge is -2.27. The number of benzene rings is 1. The number of rotatable bonds is 3. The summed E-state index contributed by atoms with van der Waals surface area (Å²) in [4.78, 5) is 0. The van der Waals surface area contributed by atoms with Crippen LogP contribution in [-0.4, -0.2) is 28.1 Å². The van der Waals surface area contributed by atoms with Gasteiger partial charge >= 0.3 is 12.0 Å². The molecule has 0 fully saturated rings. The number of fused-ring (bicyclic) bond motifs is 2. The first-order chi connectivity index (χ1) is 12.8. The first-order valence-electron chi connectivity index (χ1n) is 7.92. The molecule has 2 atom stereocenters. The second-order valence-electron chi connectivity index (χ2n) is 6.13. The molecule has 1 aliphatic heterocycles. The Morgan fingerprint density at radius 3 is 2.41 bits per heavy atom. The molecule has 2 aliphatic rings. The Labute approximate surface area is 150 Å². The third-order valence-corrected chi connectivity index (χ3v) is 4.57. The fourth-order valence-corrected chi connectivity index (χ4v) is 3.35. The van der Waals surface area contributed by atoms with Gasteiger partial charge in [-0.3, -0.25) is 4.68 Å². The minimum absolute atomic E-state index is 0.140. The molecule has 10 heteroatoms. The lowest BCUT2D eigenvalue weighted by Crippen LogP contribution is -2.39. The second-order valence-corrected chi connectivity index (χ2v) is 6.13. The summed E-state index contributed by atoms with van der Waals surface area (Å²) >= 11 is 0. The quantitative estimate of drug-likeness (QED) is 0.822. The molecule has 1 aromatic heterocycles. The largest absolute Gasteiger partial charge is 0.497 e. The smallest absolute Gasteiger partial charge is 0.435 e. The zero-order valence-electron chi connectivity index (χ0n) is 13.9. The molecule has 1 N–H and O–H groups in total. The van der Waals surface area contributed by atoms with Gasteiger partial charge in [-0.05, 0) is 17.7 Å². The maximum Gasteiger partial charge on any atom is 0.435 e. The van der Waals surface area contributed by atoms with Crippen LogP contribution in [0.1, 0.15) is 28.7 Å². The van der Waals surface area contributed by atoms with Crippen molar-refractivity contribution >= 4 is 0 Å². The van der Waals surface area contributed by atoms with Gasteiger partial charge in [0, 0.05) is 0 Å². The number of hydrogen-bond donors (Lipinski definition) is 1. The number of aliphatic hydroxyl groups is 1. The number of nitrogens with zero attached hydrogens (tertiary/aromatic N) is 2. The Hall–Kier alpha value is -2.75. The zero-order valence-corrected chi connectivity index (χ0v) is 13.9. The van der Waals surface area contributed by atoms with Gasteiger partial charge in [0.2, 0.25) is 0 Å². The van der Waals surface area contributed by atoms with Crippen LogP contribution in [0, 0.1) is 0 Å². The maximum absolute atomic E-state index is 14.8. The van der Waals surface area contributed by atoms with Gasteiger partial charge in [0.1, 0.15) is 18.3 Å². The normalized spacial score (nSPS) is 22.6. The van der Waals surface area contributed by atoms with Gasteiger partial charge in [0.15, 0.2) is 18.0 Å². The third kappa shape index (κ3) is 2.54. The van der Waals surface area contributed by atoms with Crippen LogP contribution in [-0.2, 0) is 28.0 Å². The average molecular weight is 386 g/mol. The minimum Gasteiger partial charge on any atom is -0.497 e. The predicted octanol–water partition coefficient (Wildman–Crippen LogP) is 3.01. The first kappa shape index (κ1) is 17.7. The predicted molar refractivity (Wildman–Crippen MR) is 82.2 cm³/mol. The van der Waals surface area contributed by atoms with E-state index in [9.17, 15) is 22.7 Å². The summed E-state index contributed by atoms with van der Waals surface area (Å²) in [5.74, 6) is -1.73. The minimum atomic E-state index is -4.89. The molecule has 0 bridgehead atoms. The standard InChI is InChI=1S/C17H14F4N2O4/c1-25-10-4-2-9(3-5-10)8-23-13-11(14(22-23)17(19,20)21)16(15(24)12(13)18)26-6-7-27-16/h2-7,12,15,24H,8H2,1H3/t12-,15-/m0/s1. The molecule has 0 unspecified atom stereocenters. The Morgan fingerprint density at radius 1 is 1.22 bits per heavy atom. The summed E-state index contributed by atoms with van der Waals surface area (Å²) in [6.07, 6.45) is -7.09. The summed E-state index contributed by atoms with van der Waals surface area (Å²) < 4.78 is 71.5. The molecular weight excluding hydrogens is 372 g/mol. The van der Waals surface area contributed by atoms with Crippen molar-refractivity contribution < 1.29 is 36.9 Å². The van der Waals surface area contributed by atoms with Crippen LogP contribution in [0.3, 0.4) is 0 Å². The maximum atomic E-state index is 14.8. The van der Waals surface area contributed by atoms with Crippen LogP contribution >= 0.6 is 0 Å². The van der Waals surface area contributed by atoms with Crippen molar-refractivity contribution in [3.63, 3.8) is 0 Å². The van der Waals surface area contributed by atoms with Crippen LogP contribution in [0.5, 0.6) is 5.75 Å². The van der Waals surface area contributed by atoms with Crippen molar-refractivity contribution in [2.45, 2.75) is 30.8 Å². The van der Waals surface area contributed by atoms with Gasteiger partial charge in [-0.15, -0.1) is 0 Å². The third-order valence-electron chi connectivity index (χ3n) is 4.57. The van der Waals surface area contributed by atoms with Crippen molar-refractivity contribution in [2.75, 3.05) is 7.11 Å². The molecule has 1 aliphatic carbocycles. The Balaban J connectivity index is 1.82. The van der Waals surface area contributed by atoms with E-state index in [0.29, 0.717) is 11.3 Å². The van der Waals surface area contributed by atoms with Crippen LogP contribution in [0.15, 0.2) is 36.8 Å². The van der Waals surface area contributed by atoms with E-state index >= 15 is 0 Å². The Bertz CT molecular complexity index is 884. The van der Waals surface area contributed by atoms with E-state index in [-0.39, 0.29) is 6.54 Å². The van der Waals surface area contributed by atoms with E-state index in [0.717, 1.165) is 17.2 Å². The number of methoxy groups -OCH3 is 1. The number of aliphatic hydroxyl groups excluding tert-OH is 1. The summed E-state index contributed by atoms with van der Waals surface area (Å²) in [6, 6.07) is 6.50. The molecule has 0 radical (unpaired) electrons. The highest BCUT2D eigenvalue weighted by molar-refractivity contribution is 5.43. The van der Waals surface area contributed by atoms with Gasteiger partial charge in [-0.2, -0.15) is 18.3 Å². The van der Waals surface area contributed by atoms with Gasteiger partial charge in [0.25, 0.3) is 0 Å². The van der Waals surface area contributed by atoms with Gasteiger partial charge in [-0.1, -0.05) is 12.1 Å². The molecule has 1 aromatic carbocycles. The van der Waals surface area contributed by atoms with E-state index in [1.165, 1.54) is 7.11 Å². The monoisotopic (exact) mass is 386 g/mol. The van der Waals surface area contributed by atoms with E-state index in [2.05, 4.69) is 5.10 Å². The van der Waals surface area contributed by atoms with E-state index < -0.39 is 41.2 Å². The second kappa shape index (κ2) is 5.88. The van der Waals surface area contributed by atoms with Crippen molar-refractivity contribution in [3.8, 4) is 5.75 Å². The molecule has 6 nitrogen and oxygen atoms in total. The van der Waals surface area contributed by atoms with Crippen molar-refractivity contribution in [1.82, 2.24) is 9.78 Å². The van der Waals surface area contributed by atoms with E-state index in [1.54, 1.807) is 24.3 Å². The molecule has 0 saturated carbocycles. The molecule has 1 spiro atoms. The van der Waals surface area contributed by atoms with Crippen LogP contribution in [0.4, 0.5) is 17.6 Å². The Morgan fingerprint density at radius 2 is 1.85 bits per heavy atom. The van der Waals surface area contributed by atoms with Crippen molar-refractivity contribution in [2.24, 2.45) is 0 Å². The fraction of sp³-hybridized carbons (Fsp3) is 0.353. The number of aromatic nitrogens is 2. The Kier molecular flexibility index (Phi) is 3.84. The topological polar surface area (TPSA) is 65.7 Å². The van der Waals surface area contributed by atoms with E-state index in [4.69, 9.17) is 14.2 Å². The summed E-state index contributed by atoms with van der Waals surface area (Å²) in [5, 5.41) is 13.8. The molecule has 2 aromatic rings. The molecule has 144 valence electrons. The lowest BCUT2D eigenvalue weighted by molar-refractivity contribution is -0.226. The molecule has 2 heterocycles. The van der Waals surface area contributed by atoms with Crippen LogP contribution in [0.25, 0.3) is 0 Å². The highest BCUT2D eigenvalue weighted by atomic mass is 19.4. The zero-order chi connectivity index (χ0) is 19.4. The van der Waals surface area contributed by atoms with Crippen LogP contribution < -0.4 is 4.74 Å². The van der Waals surface area contributed by atoms with E-state index in [1.807, 2.05) is 0 Å². The van der Waals surface area contributed by atoms with Gasteiger partial charge < -0.3 is 19.3 Å². The van der Waals surface area contributed by atoms with Crippen molar-refractivity contribution in [3.05, 3.63) is 59.3 Å². The van der Waals surface area contributed by atoms with Gasteiger partial charge in [0.05, 0.1) is 24.9 Å². The SMILES string of the molecule is COc1ccc(Cn2nc(C(F)(F)F)c3c2[C@H](F)[C@H](O)C32OC=CO2)cc1. The molecular formula is C17H14F4N2O4. The fourth-order valence-electron chi connectivity index (χ4n) is 3.35. The highest BCUT2D eigenvalue weighted by Crippen LogP contribution is 2.54. The molecule has 27 heavy (non-hydrogen) atoms. The highest BCUT2D eigenvalue weighted by Gasteiger charge is 2.64. The number of ether oxygens (including phenoxy) is 3. The van der Waals surface area contributed by atoms with Gasteiger partial charge in [-0.25, -0.2) is 4.39 Å². The average Bonchev–Trinajstić information content (AvgIpc) is 3.30. The summed E-state index contributed by atoms with van der Waals surface area (Å²) in [7, 11) is 1.48. The lowest BCUT2D eigenvalue weighted by atomic mass is 10.1. The van der Waals surface area contributed by atoms with Crippen LogP contribution in [0.2, 0.25) is 0 Å². The summed E-state index contributed by atoms with van der Waals surface area (Å²) in [6.45, 7) is -0.140. The molecule has 0 saturated heterocycles.